The van der Waals surface area contributed by atoms with Crippen molar-refractivity contribution in [2.75, 3.05) is 14.2 Å². The number of benzene rings is 1. The number of hydrogen-bond donors (Lipinski definition) is 1. The van der Waals surface area contributed by atoms with Gasteiger partial charge in [-0.2, -0.15) is 0 Å². The van der Waals surface area contributed by atoms with E-state index in [0.29, 0.717) is 0 Å². The topological polar surface area (TPSA) is 38.3 Å². The van der Waals surface area contributed by atoms with E-state index >= 15 is 0 Å². The van der Waals surface area contributed by atoms with Crippen LogP contribution in [-0.2, 0) is 10.8 Å². The molecule has 0 radical (unpaired) electrons. The van der Waals surface area contributed by atoms with Gasteiger partial charge in [0.1, 0.15) is 5.75 Å². The second kappa shape index (κ2) is 4.55. The fourth-order valence-corrected chi connectivity index (χ4v) is 3.77. The number of fused-ring (bicyclic) bond motifs is 1. The Hall–Kier alpha value is -0.870. The molecule has 1 aromatic carbocycles. The number of methoxy groups -OCH3 is 1. The first kappa shape index (κ1) is 11.6. The molecule has 16 heavy (non-hydrogen) atoms. The predicted octanol–water partition coefficient (Wildman–Crippen LogP) is 1.86. The van der Waals surface area contributed by atoms with Crippen molar-refractivity contribution in [2.24, 2.45) is 0 Å². The molecule has 0 bridgehead atoms. The van der Waals surface area contributed by atoms with Crippen LogP contribution in [0.5, 0.6) is 5.75 Å². The molecule has 0 amide bonds. The summed E-state index contributed by atoms with van der Waals surface area (Å²) in [5.41, 5.74) is 1.11. The van der Waals surface area contributed by atoms with Crippen LogP contribution >= 0.6 is 0 Å². The maximum Gasteiger partial charge on any atom is 0.135 e. The van der Waals surface area contributed by atoms with Crippen LogP contribution in [0.15, 0.2) is 23.1 Å². The molecular weight excluding hydrogens is 222 g/mol. The van der Waals surface area contributed by atoms with Crippen molar-refractivity contribution >= 4 is 10.8 Å². The van der Waals surface area contributed by atoms with Crippen LogP contribution in [0.1, 0.15) is 24.9 Å². The number of ether oxygens (including phenoxy) is 1. The van der Waals surface area contributed by atoms with E-state index in [1.165, 1.54) is 0 Å². The molecule has 1 heterocycles. The average molecular weight is 239 g/mol. The maximum atomic E-state index is 12.3. The fraction of sp³-hybridized carbons (Fsp3) is 0.500. The lowest BCUT2D eigenvalue weighted by atomic mass is 10.0. The summed E-state index contributed by atoms with van der Waals surface area (Å²) < 4.78 is 17.6. The molecule has 2 rings (SSSR count). The summed E-state index contributed by atoms with van der Waals surface area (Å²) in [6.45, 7) is 2.02. The van der Waals surface area contributed by atoms with E-state index in [1.54, 1.807) is 7.11 Å². The van der Waals surface area contributed by atoms with E-state index in [9.17, 15) is 4.21 Å². The molecule has 1 aromatic rings. The third kappa shape index (κ3) is 1.76. The van der Waals surface area contributed by atoms with Crippen molar-refractivity contribution in [2.45, 2.75) is 29.5 Å². The first-order valence-electron chi connectivity index (χ1n) is 5.43. The molecule has 1 aliphatic rings. The Morgan fingerprint density at radius 2 is 2.25 bits per heavy atom. The SMILES string of the molecule is CNC1CC(C)S(=O)c2c(OC)cccc21. The van der Waals surface area contributed by atoms with Crippen LogP contribution in [0.25, 0.3) is 0 Å². The van der Waals surface area contributed by atoms with E-state index in [0.717, 1.165) is 22.6 Å². The first-order valence-corrected chi connectivity index (χ1v) is 6.65. The van der Waals surface area contributed by atoms with Gasteiger partial charge in [0, 0.05) is 11.3 Å². The van der Waals surface area contributed by atoms with Gasteiger partial charge in [0.2, 0.25) is 0 Å². The number of nitrogens with one attached hydrogen (secondary N) is 1. The zero-order valence-corrected chi connectivity index (χ0v) is 10.6. The smallest absolute Gasteiger partial charge is 0.135 e. The Bertz CT molecular complexity index is 419. The Kier molecular flexibility index (Phi) is 3.30. The van der Waals surface area contributed by atoms with Crippen molar-refractivity contribution in [3.05, 3.63) is 23.8 Å². The fourth-order valence-electron chi connectivity index (χ4n) is 2.20. The molecule has 4 heteroatoms. The summed E-state index contributed by atoms with van der Waals surface area (Å²) in [7, 11) is 2.61. The highest BCUT2D eigenvalue weighted by Gasteiger charge is 2.31. The van der Waals surface area contributed by atoms with Crippen LogP contribution in [-0.4, -0.2) is 23.6 Å². The summed E-state index contributed by atoms with van der Waals surface area (Å²) in [5.74, 6) is 0.739. The third-order valence-corrected chi connectivity index (χ3v) is 4.85. The van der Waals surface area contributed by atoms with Crippen LogP contribution in [0.4, 0.5) is 0 Å². The highest BCUT2D eigenvalue weighted by atomic mass is 32.2. The second-order valence-electron chi connectivity index (χ2n) is 4.06. The van der Waals surface area contributed by atoms with E-state index in [-0.39, 0.29) is 11.3 Å². The van der Waals surface area contributed by atoms with Gasteiger partial charge in [0.15, 0.2) is 0 Å². The molecule has 0 fully saturated rings. The van der Waals surface area contributed by atoms with Crippen LogP contribution < -0.4 is 10.1 Å². The monoisotopic (exact) mass is 239 g/mol. The molecule has 0 saturated carbocycles. The number of rotatable bonds is 2. The van der Waals surface area contributed by atoms with Gasteiger partial charge in [-0.1, -0.05) is 19.1 Å². The molecule has 0 spiro atoms. The highest BCUT2D eigenvalue weighted by molar-refractivity contribution is 7.85. The van der Waals surface area contributed by atoms with Crippen molar-refractivity contribution < 1.29 is 8.95 Å². The molecule has 0 saturated heterocycles. The van der Waals surface area contributed by atoms with E-state index in [4.69, 9.17) is 4.74 Å². The summed E-state index contributed by atoms with van der Waals surface area (Å²) in [5, 5.41) is 3.44. The van der Waals surface area contributed by atoms with E-state index in [2.05, 4.69) is 5.32 Å². The van der Waals surface area contributed by atoms with Crippen LogP contribution in [0, 0.1) is 0 Å². The summed E-state index contributed by atoms with van der Waals surface area (Å²) in [4.78, 5) is 0.864. The Labute approximate surface area is 98.7 Å². The molecular formula is C12H17NO2S. The zero-order chi connectivity index (χ0) is 11.7. The normalized spacial score (nSPS) is 28.6. The predicted molar refractivity (Wildman–Crippen MR) is 65.3 cm³/mol. The van der Waals surface area contributed by atoms with Crippen molar-refractivity contribution in [1.29, 1.82) is 0 Å². The van der Waals surface area contributed by atoms with Crippen molar-refractivity contribution in [1.82, 2.24) is 5.32 Å². The van der Waals surface area contributed by atoms with Gasteiger partial charge < -0.3 is 10.1 Å². The molecule has 0 aliphatic carbocycles. The van der Waals surface area contributed by atoms with Crippen molar-refractivity contribution in [3.63, 3.8) is 0 Å². The lowest BCUT2D eigenvalue weighted by Crippen LogP contribution is -2.30. The van der Waals surface area contributed by atoms with Gasteiger partial charge in [0.05, 0.1) is 22.8 Å². The third-order valence-electron chi connectivity index (χ3n) is 3.09. The Balaban J connectivity index is 2.58. The summed E-state index contributed by atoms with van der Waals surface area (Å²) in [6, 6.07) is 6.14. The molecule has 0 aromatic heterocycles. The van der Waals surface area contributed by atoms with Gasteiger partial charge in [-0.15, -0.1) is 0 Å². The minimum absolute atomic E-state index is 0.168. The summed E-state index contributed by atoms with van der Waals surface area (Å²) in [6.07, 6.45) is 0.906. The van der Waals surface area contributed by atoms with Gasteiger partial charge in [-0.25, -0.2) is 0 Å². The Morgan fingerprint density at radius 1 is 1.50 bits per heavy atom. The quantitative estimate of drug-likeness (QED) is 0.856. The van der Waals surface area contributed by atoms with Crippen LogP contribution in [0.3, 0.4) is 0 Å². The molecule has 1 N–H and O–H groups in total. The zero-order valence-electron chi connectivity index (χ0n) is 9.82. The van der Waals surface area contributed by atoms with Gasteiger partial charge in [-0.3, -0.25) is 4.21 Å². The van der Waals surface area contributed by atoms with Crippen molar-refractivity contribution in [3.8, 4) is 5.75 Å². The molecule has 3 nitrogen and oxygen atoms in total. The molecule has 1 aliphatic heterocycles. The lowest BCUT2D eigenvalue weighted by Gasteiger charge is -2.29. The largest absolute Gasteiger partial charge is 0.495 e. The average Bonchev–Trinajstić information content (AvgIpc) is 2.32. The molecule has 3 atom stereocenters. The minimum Gasteiger partial charge on any atom is -0.495 e. The van der Waals surface area contributed by atoms with Gasteiger partial charge in [-0.05, 0) is 25.1 Å². The lowest BCUT2D eigenvalue weighted by molar-refractivity contribution is 0.397. The molecule has 3 unspecified atom stereocenters. The van der Waals surface area contributed by atoms with Gasteiger partial charge >= 0.3 is 0 Å². The first-order chi connectivity index (χ1) is 7.69. The Morgan fingerprint density at radius 3 is 2.88 bits per heavy atom. The second-order valence-corrected chi connectivity index (χ2v) is 5.87. The standard InChI is InChI=1S/C12H17NO2S/c1-8-7-10(13-2)9-5-4-6-11(15-3)12(9)16(8)14/h4-6,8,10,13H,7H2,1-3H3. The van der Waals surface area contributed by atoms with E-state index < -0.39 is 10.8 Å². The highest BCUT2D eigenvalue weighted by Crippen LogP contribution is 2.38. The minimum atomic E-state index is -0.959. The summed E-state index contributed by atoms with van der Waals surface area (Å²) >= 11 is 0. The van der Waals surface area contributed by atoms with Crippen LogP contribution in [0.2, 0.25) is 0 Å². The van der Waals surface area contributed by atoms with E-state index in [1.807, 2.05) is 32.2 Å². The van der Waals surface area contributed by atoms with Gasteiger partial charge in [0.25, 0.3) is 0 Å². The number of hydrogen-bond acceptors (Lipinski definition) is 3. The molecule has 88 valence electrons. The maximum absolute atomic E-state index is 12.3.